The topological polar surface area (TPSA) is 71.0 Å². The van der Waals surface area contributed by atoms with Crippen molar-refractivity contribution in [1.82, 2.24) is 5.32 Å². The third-order valence-corrected chi connectivity index (χ3v) is 4.52. The highest BCUT2D eigenvalue weighted by Crippen LogP contribution is 2.12. The molecule has 0 aliphatic carbocycles. The smallest absolute Gasteiger partial charge is 0.0897 e. The van der Waals surface area contributed by atoms with Crippen LogP contribution in [0.25, 0.3) is 0 Å². The lowest BCUT2D eigenvalue weighted by Gasteiger charge is -2.23. The molecular weight excluding hydrogens is 266 g/mol. The van der Waals surface area contributed by atoms with Gasteiger partial charge in [0.05, 0.1) is 32.0 Å². The van der Waals surface area contributed by atoms with E-state index in [9.17, 15) is 5.11 Å². The maximum Gasteiger partial charge on any atom is 0.0897 e. The first-order valence-corrected chi connectivity index (χ1v) is 8.20. The molecule has 19 heavy (non-hydrogen) atoms. The van der Waals surface area contributed by atoms with Gasteiger partial charge in [0.15, 0.2) is 0 Å². The highest BCUT2D eigenvalue weighted by atomic mass is 32.2. The van der Waals surface area contributed by atoms with E-state index in [0.29, 0.717) is 19.8 Å². The zero-order valence-corrected chi connectivity index (χ0v) is 12.7. The van der Waals surface area contributed by atoms with Gasteiger partial charge < -0.3 is 25.0 Å². The van der Waals surface area contributed by atoms with Gasteiger partial charge in [-0.25, -0.2) is 0 Å². The lowest BCUT2D eigenvalue weighted by Crippen LogP contribution is -2.42. The summed E-state index contributed by atoms with van der Waals surface area (Å²) >= 11 is 1.62. The van der Waals surface area contributed by atoms with Crippen LogP contribution in [0.1, 0.15) is 19.8 Å². The summed E-state index contributed by atoms with van der Waals surface area (Å²) in [6, 6.07) is 0.160. The van der Waals surface area contributed by atoms with E-state index >= 15 is 0 Å². The summed E-state index contributed by atoms with van der Waals surface area (Å²) < 4.78 is 10.9. The summed E-state index contributed by atoms with van der Waals surface area (Å²) in [5.74, 6) is 0. The number of thioether (sulfide) groups is 1. The zero-order chi connectivity index (χ0) is 14.1. The van der Waals surface area contributed by atoms with Crippen molar-refractivity contribution in [3.63, 3.8) is 0 Å². The predicted molar refractivity (Wildman–Crippen MR) is 77.7 cm³/mol. The van der Waals surface area contributed by atoms with Crippen molar-refractivity contribution < 1.29 is 19.7 Å². The minimum atomic E-state index is -0.523. The molecule has 4 atom stereocenters. The fourth-order valence-electron chi connectivity index (χ4n) is 2.06. The fourth-order valence-corrected chi connectivity index (χ4v) is 2.71. The molecule has 1 heterocycles. The maximum atomic E-state index is 9.80. The average Bonchev–Trinajstić information content (AvgIpc) is 2.91. The van der Waals surface area contributed by atoms with Gasteiger partial charge in [-0.3, -0.25) is 0 Å². The number of nitrogens with one attached hydrogen (secondary N) is 1. The lowest BCUT2D eigenvalue weighted by molar-refractivity contribution is -0.0169. The Kier molecular flexibility index (Phi) is 9.02. The number of rotatable bonds is 10. The molecule has 6 heteroatoms. The van der Waals surface area contributed by atoms with E-state index < -0.39 is 6.10 Å². The third-order valence-electron chi connectivity index (χ3n) is 3.35. The largest absolute Gasteiger partial charge is 0.395 e. The molecule has 5 nitrogen and oxygen atoms in total. The average molecular weight is 293 g/mol. The molecule has 0 bridgehead atoms. The molecule has 1 saturated heterocycles. The van der Waals surface area contributed by atoms with Crippen molar-refractivity contribution in [3.8, 4) is 0 Å². The highest BCUT2D eigenvalue weighted by molar-refractivity contribution is 7.99. The lowest BCUT2D eigenvalue weighted by atomic mass is 10.2. The van der Waals surface area contributed by atoms with E-state index in [1.165, 1.54) is 0 Å². The van der Waals surface area contributed by atoms with Crippen LogP contribution in [-0.2, 0) is 9.47 Å². The monoisotopic (exact) mass is 293 g/mol. The summed E-state index contributed by atoms with van der Waals surface area (Å²) in [6.07, 6.45) is 3.81. The fraction of sp³-hybridized carbons (Fsp3) is 1.00. The summed E-state index contributed by atoms with van der Waals surface area (Å²) in [5, 5.41) is 22.3. The van der Waals surface area contributed by atoms with Crippen molar-refractivity contribution in [2.45, 2.75) is 43.3 Å². The van der Waals surface area contributed by atoms with Crippen LogP contribution in [0.5, 0.6) is 0 Å². The Hall–Kier alpha value is 0.150. The number of aliphatic hydroxyl groups is 2. The van der Waals surface area contributed by atoms with Gasteiger partial charge in [-0.15, -0.1) is 0 Å². The third kappa shape index (κ3) is 6.92. The van der Waals surface area contributed by atoms with Crippen molar-refractivity contribution >= 4 is 11.8 Å². The SMILES string of the molecule is CSC(CO)C(C)NCC(O)COCC1CCCO1. The molecule has 3 N–H and O–H groups in total. The molecule has 1 aliphatic heterocycles. The molecule has 0 aromatic carbocycles. The van der Waals surface area contributed by atoms with Crippen LogP contribution in [0.2, 0.25) is 0 Å². The van der Waals surface area contributed by atoms with Gasteiger partial charge in [0.25, 0.3) is 0 Å². The van der Waals surface area contributed by atoms with Crippen molar-refractivity contribution in [2.75, 3.05) is 39.2 Å². The highest BCUT2D eigenvalue weighted by Gasteiger charge is 2.18. The molecule has 0 aromatic rings. The Bertz CT molecular complexity index is 223. The standard InChI is InChI=1S/C13H27NO4S/c1-10(13(7-15)19-2)14-6-11(16)8-17-9-12-4-3-5-18-12/h10-16H,3-9H2,1-2H3. The van der Waals surface area contributed by atoms with Crippen LogP contribution in [0.3, 0.4) is 0 Å². The van der Waals surface area contributed by atoms with E-state index in [2.05, 4.69) is 5.32 Å². The molecule has 1 aliphatic rings. The minimum Gasteiger partial charge on any atom is -0.395 e. The molecule has 114 valence electrons. The second-order valence-corrected chi connectivity index (χ2v) is 6.06. The summed E-state index contributed by atoms with van der Waals surface area (Å²) in [6.45, 7) is 4.34. The molecule has 0 amide bonds. The van der Waals surface area contributed by atoms with Crippen LogP contribution in [0, 0.1) is 0 Å². The number of hydrogen-bond donors (Lipinski definition) is 3. The van der Waals surface area contributed by atoms with E-state index in [4.69, 9.17) is 14.6 Å². The van der Waals surface area contributed by atoms with Gasteiger partial charge in [-0.1, -0.05) is 0 Å². The van der Waals surface area contributed by atoms with E-state index in [1.807, 2.05) is 13.2 Å². The molecule has 0 radical (unpaired) electrons. The number of ether oxygens (including phenoxy) is 2. The van der Waals surface area contributed by atoms with Crippen molar-refractivity contribution in [1.29, 1.82) is 0 Å². The van der Waals surface area contributed by atoms with Gasteiger partial charge in [-0.2, -0.15) is 11.8 Å². The van der Waals surface area contributed by atoms with Gasteiger partial charge in [0, 0.05) is 24.4 Å². The molecule has 4 unspecified atom stereocenters. The molecule has 0 aromatic heterocycles. The Balaban J connectivity index is 2.04. The molecule has 1 fully saturated rings. The van der Waals surface area contributed by atoms with E-state index in [0.717, 1.165) is 19.4 Å². The van der Waals surface area contributed by atoms with Crippen LogP contribution in [0.4, 0.5) is 0 Å². The Morgan fingerprint density at radius 3 is 2.89 bits per heavy atom. The van der Waals surface area contributed by atoms with Gasteiger partial charge in [0.2, 0.25) is 0 Å². The van der Waals surface area contributed by atoms with E-state index in [-0.39, 0.29) is 24.0 Å². The maximum absolute atomic E-state index is 9.80. The van der Waals surface area contributed by atoms with Crippen molar-refractivity contribution in [3.05, 3.63) is 0 Å². The second kappa shape index (κ2) is 9.96. The summed E-state index contributed by atoms with van der Waals surface area (Å²) in [5.41, 5.74) is 0. The molecule has 1 rings (SSSR count). The van der Waals surface area contributed by atoms with Crippen molar-refractivity contribution in [2.24, 2.45) is 0 Å². The first kappa shape index (κ1) is 17.2. The molecule has 0 spiro atoms. The Labute approximate surface area is 120 Å². The van der Waals surface area contributed by atoms with Crippen LogP contribution < -0.4 is 5.32 Å². The minimum absolute atomic E-state index is 0.140. The van der Waals surface area contributed by atoms with Gasteiger partial charge in [0.1, 0.15) is 0 Å². The number of hydrogen-bond acceptors (Lipinski definition) is 6. The molecular formula is C13H27NO4S. The second-order valence-electron chi connectivity index (χ2n) is 4.98. The summed E-state index contributed by atoms with van der Waals surface area (Å²) in [7, 11) is 0. The van der Waals surface area contributed by atoms with Crippen LogP contribution >= 0.6 is 11.8 Å². The predicted octanol–water partition coefficient (Wildman–Crippen LogP) is 0.245. The van der Waals surface area contributed by atoms with Gasteiger partial charge >= 0.3 is 0 Å². The van der Waals surface area contributed by atoms with Gasteiger partial charge in [-0.05, 0) is 26.0 Å². The first-order chi connectivity index (χ1) is 9.17. The van der Waals surface area contributed by atoms with Crippen LogP contribution in [-0.4, -0.2) is 72.9 Å². The zero-order valence-electron chi connectivity index (χ0n) is 11.9. The molecule has 0 saturated carbocycles. The Morgan fingerprint density at radius 2 is 2.32 bits per heavy atom. The quantitative estimate of drug-likeness (QED) is 0.536. The number of aliphatic hydroxyl groups excluding tert-OH is 2. The summed E-state index contributed by atoms with van der Waals surface area (Å²) in [4.78, 5) is 0. The Morgan fingerprint density at radius 1 is 1.53 bits per heavy atom. The van der Waals surface area contributed by atoms with Crippen LogP contribution in [0.15, 0.2) is 0 Å². The van der Waals surface area contributed by atoms with E-state index in [1.54, 1.807) is 11.8 Å². The first-order valence-electron chi connectivity index (χ1n) is 6.91. The normalized spacial score (nSPS) is 24.3.